The van der Waals surface area contributed by atoms with Gasteiger partial charge in [0, 0.05) is 0 Å². The molecule has 20 heavy (non-hydrogen) atoms. The Kier molecular flexibility index (Phi) is 5.60. The number of Topliss-reactive ketones (excluding diaryl/α,β-unsaturated/α-hetero) is 1. The van der Waals surface area contributed by atoms with Crippen LogP contribution in [0.15, 0.2) is 24.3 Å². The molecule has 110 valence electrons. The third-order valence-corrected chi connectivity index (χ3v) is 3.92. The van der Waals surface area contributed by atoms with Gasteiger partial charge in [-0.3, -0.25) is 4.79 Å². The lowest BCUT2D eigenvalue weighted by molar-refractivity contribution is 0.00561. The number of ketones is 1. The Balaban J connectivity index is 1.72. The average Bonchev–Trinajstić information content (AvgIpc) is 2.46. The molecular weight excluding hydrogens is 252 g/mol. The molecule has 1 aromatic carbocycles. The van der Waals surface area contributed by atoms with Gasteiger partial charge in [0.2, 0.25) is 0 Å². The van der Waals surface area contributed by atoms with Crippen molar-refractivity contribution in [2.75, 3.05) is 13.2 Å². The lowest BCUT2D eigenvalue weighted by atomic mass is 9.89. The summed E-state index contributed by atoms with van der Waals surface area (Å²) in [5.41, 5.74) is 0.638. The molecule has 0 radical (unpaired) electrons. The van der Waals surface area contributed by atoms with Crippen LogP contribution < -0.4 is 4.74 Å². The highest BCUT2D eigenvalue weighted by Crippen LogP contribution is 2.25. The highest BCUT2D eigenvalue weighted by molar-refractivity contribution is 5.96. The van der Waals surface area contributed by atoms with Gasteiger partial charge in [0.05, 0.1) is 18.3 Å². The van der Waals surface area contributed by atoms with Gasteiger partial charge < -0.3 is 9.47 Å². The SMILES string of the molecule is CC(=O)c1ccccc1OCCOC1CCC(C)CC1. The Morgan fingerprint density at radius 3 is 2.55 bits per heavy atom. The van der Waals surface area contributed by atoms with Crippen LogP contribution in [0.3, 0.4) is 0 Å². The van der Waals surface area contributed by atoms with Gasteiger partial charge in [0.15, 0.2) is 5.78 Å². The van der Waals surface area contributed by atoms with Crippen LogP contribution in [0.25, 0.3) is 0 Å². The molecule has 0 spiro atoms. The van der Waals surface area contributed by atoms with E-state index in [-0.39, 0.29) is 5.78 Å². The normalized spacial score (nSPS) is 22.5. The van der Waals surface area contributed by atoms with Crippen molar-refractivity contribution in [2.45, 2.75) is 45.6 Å². The number of ether oxygens (including phenoxy) is 2. The molecule has 0 aliphatic heterocycles. The summed E-state index contributed by atoms with van der Waals surface area (Å²) in [6.07, 6.45) is 5.23. The van der Waals surface area contributed by atoms with Crippen LogP contribution in [0.1, 0.15) is 49.9 Å². The average molecular weight is 276 g/mol. The molecule has 1 fully saturated rings. The van der Waals surface area contributed by atoms with E-state index < -0.39 is 0 Å². The molecule has 0 unspecified atom stereocenters. The maximum absolute atomic E-state index is 11.5. The first-order chi connectivity index (χ1) is 9.66. The lowest BCUT2D eigenvalue weighted by Gasteiger charge is -2.26. The van der Waals surface area contributed by atoms with Crippen molar-refractivity contribution >= 4 is 5.78 Å². The minimum absolute atomic E-state index is 0.0304. The second-order valence-electron chi connectivity index (χ2n) is 5.65. The predicted octanol–water partition coefficient (Wildman–Crippen LogP) is 3.86. The lowest BCUT2D eigenvalue weighted by Crippen LogP contribution is -2.22. The zero-order valence-electron chi connectivity index (χ0n) is 12.4. The van der Waals surface area contributed by atoms with Gasteiger partial charge in [-0.05, 0) is 50.7 Å². The Morgan fingerprint density at radius 2 is 1.85 bits per heavy atom. The van der Waals surface area contributed by atoms with Gasteiger partial charge in [0.1, 0.15) is 12.4 Å². The molecule has 1 saturated carbocycles. The van der Waals surface area contributed by atoms with Crippen LogP contribution in [0.4, 0.5) is 0 Å². The van der Waals surface area contributed by atoms with Gasteiger partial charge in [-0.25, -0.2) is 0 Å². The third-order valence-electron chi connectivity index (χ3n) is 3.92. The fourth-order valence-electron chi connectivity index (χ4n) is 2.65. The number of rotatable bonds is 6. The summed E-state index contributed by atoms with van der Waals surface area (Å²) in [5.74, 6) is 1.53. The number of para-hydroxylation sites is 1. The molecule has 1 aliphatic rings. The van der Waals surface area contributed by atoms with E-state index in [2.05, 4.69) is 6.92 Å². The number of carbonyl (C=O) groups excluding carboxylic acids is 1. The maximum Gasteiger partial charge on any atom is 0.163 e. The van der Waals surface area contributed by atoms with Crippen molar-refractivity contribution in [2.24, 2.45) is 5.92 Å². The zero-order valence-corrected chi connectivity index (χ0v) is 12.4. The Hall–Kier alpha value is -1.35. The fourth-order valence-corrected chi connectivity index (χ4v) is 2.65. The van der Waals surface area contributed by atoms with Crippen LogP contribution in [0, 0.1) is 5.92 Å². The molecule has 0 amide bonds. The molecule has 1 aliphatic carbocycles. The monoisotopic (exact) mass is 276 g/mol. The third kappa shape index (κ3) is 4.34. The molecule has 3 nitrogen and oxygen atoms in total. The van der Waals surface area contributed by atoms with E-state index in [4.69, 9.17) is 9.47 Å². The number of carbonyl (C=O) groups is 1. The van der Waals surface area contributed by atoms with E-state index >= 15 is 0 Å². The summed E-state index contributed by atoms with van der Waals surface area (Å²) in [6.45, 7) is 4.95. The highest BCUT2D eigenvalue weighted by Gasteiger charge is 2.18. The number of benzene rings is 1. The van der Waals surface area contributed by atoms with Crippen molar-refractivity contribution in [3.63, 3.8) is 0 Å². The van der Waals surface area contributed by atoms with Gasteiger partial charge in [-0.1, -0.05) is 19.1 Å². The van der Waals surface area contributed by atoms with Crippen molar-refractivity contribution in [1.29, 1.82) is 0 Å². The molecule has 2 rings (SSSR count). The summed E-state index contributed by atoms with van der Waals surface area (Å²) in [6, 6.07) is 7.36. The predicted molar refractivity (Wildman–Crippen MR) is 79.3 cm³/mol. The second-order valence-corrected chi connectivity index (χ2v) is 5.65. The molecule has 0 atom stereocenters. The van der Waals surface area contributed by atoms with Crippen molar-refractivity contribution in [3.05, 3.63) is 29.8 Å². The molecular formula is C17H24O3. The fraction of sp³-hybridized carbons (Fsp3) is 0.588. The smallest absolute Gasteiger partial charge is 0.163 e. The summed E-state index contributed by atoms with van der Waals surface area (Å²) in [5, 5.41) is 0. The van der Waals surface area contributed by atoms with E-state index in [1.54, 1.807) is 13.0 Å². The molecule has 0 aromatic heterocycles. The van der Waals surface area contributed by atoms with Crippen LogP contribution in [0.2, 0.25) is 0 Å². The summed E-state index contributed by atoms with van der Waals surface area (Å²) in [7, 11) is 0. The zero-order chi connectivity index (χ0) is 14.4. The molecule has 0 saturated heterocycles. The van der Waals surface area contributed by atoms with Crippen molar-refractivity contribution < 1.29 is 14.3 Å². The topological polar surface area (TPSA) is 35.5 Å². The van der Waals surface area contributed by atoms with E-state index in [9.17, 15) is 4.79 Å². The minimum Gasteiger partial charge on any atom is -0.490 e. The second kappa shape index (κ2) is 7.44. The number of hydrogen-bond donors (Lipinski definition) is 0. The summed E-state index contributed by atoms with van der Waals surface area (Å²) >= 11 is 0. The van der Waals surface area contributed by atoms with E-state index in [1.165, 1.54) is 12.8 Å². The Bertz CT molecular complexity index is 434. The quantitative estimate of drug-likeness (QED) is 0.584. The highest BCUT2D eigenvalue weighted by atomic mass is 16.5. The van der Waals surface area contributed by atoms with Gasteiger partial charge in [-0.2, -0.15) is 0 Å². The van der Waals surface area contributed by atoms with E-state index in [1.807, 2.05) is 18.2 Å². The summed E-state index contributed by atoms with van der Waals surface area (Å²) in [4.78, 5) is 11.5. The van der Waals surface area contributed by atoms with Crippen molar-refractivity contribution in [3.8, 4) is 5.75 Å². The van der Waals surface area contributed by atoms with E-state index in [0.717, 1.165) is 18.8 Å². The van der Waals surface area contributed by atoms with Gasteiger partial charge >= 0.3 is 0 Å². The van der Waals surface area contributed by atoms with Crippen LogP contribution in [0.5, 0.6) is 5.75 Å². The van der Waals surface area contributed by atoms with Crippen LogP contribution >= 0.6 is 0 Å². The van der Waals surface area contributed by atoms with Crippen molar-refractivity contribution in [1.82, 2.24) is 0 Å². The first kappa shape index (κ1) is 15.0. The molecule has 0 heterocycles. The molecule has 1 aromatic rings. The standard InChI is InChI=1S/C17H24O3/c1-13-7-9-15(10-8-13)19-11-12-20-17-6-4-3-5-16(17)14(2)18/h3-6,13,15H,7-12H2,1-2H3. The largest absolute Gasteiger partial charge is 0.490 e. The molecule has 0 N–H and O–H groups in total. The van der Waals surface area contributed by atoms with E-state index in [0.29, 0.717) is 30.6 Å². The van der Waals surface area contributed by atoms with Gasteiger partial charge in [-0.15, -0.1) is 0 Å². The Morgan fingerprint density at radius 1 is 1.15 bits per heavy atom. The number of hydrogen-bond acceptors (Lipinski definition) is 3. The maximum atomic E-state index is 11.5. The first-order valence-electron chi connectivity index (χ1n) is 7.51. The summed E-state index contributed by atoms with van der Waals surface area (Å²) < 4.78 is 11.5. The Labute approximate surface area is 121 Å². The van der Waals surface area contributed by atoms with Crippen LogP contribution in [-0.4, -0.2) is 25.1 Å². The van der Waals surface area contributed by atoms with Gasteiger partial charge in [0.25, 0.3) is 0 Å². The molecule has 0 bridgehead atoms. The first-order valence-corrected chi connectivity index (χ1v) is 7.51. The molecule has 3 heteroatoms. The minimum atomic E-state index is 0.0304. The van der Waals surface area contributed by atoms with Crippen LogP contribution in [-0.2, 0) is 4.74 Å².